The first-order valence-corrected chi connectivity index (χ1v) is 6.19. The highest BCUT2D eigenvalue weighted by atomic mass is 35.7. The number of hydrogen-bond acceptors (Lipinski definition) is 5. The predicted molar refractivity (Wildman–Crippen MR) is 52.8 cm³/mol. The Labute approximate surface area is 90.1 Å². The van der Waals surface area contributed by atoms with E-state index in [0.29, 0.717) is 5.56 Å². The molecule has 0 saturated heterocycles. The number of aromatic nitrogens is 2. The summed E-state index contributed by atoms with van der Waals surface area (Å²) in [5, 5.41) is 7.15. The molecule has 0 unspecified atom stereocenters. The molecule has 0 aliphatic rings. The number of nitrogens with zero attached hydrogens (tertiary/aromatic N) is 2. The molecule has 0 radical (unpaired) electrons. The summed E-state index contributed by atoms with van der Waals surface area (Å²) in [5.41, 5.74) is 0.509. The van der Waals surface area contributed by atoms with E-state index < -0.39 is 9.05 Å². The standard InChI is InChI=1S/C8H5ClN2O3S/c9-15(12,13)7-3-1-2-6(4-7)8-11-10-5-14-8/h1-5H. The van der Waals surface area contributed by atoms with Crippen molar-refractivity contribution in [2.24, 2.45) is 0 Å². The number of halogens is 1. The molecule has 1 aromatic carbocycles. The summed E-state index contributed by atoms with van der Waals surface area (Å²) in [5.74, 6) is 0.247. The lowest BCUT2D eigenvalue weighted by Crippen LogP contribution is -1.90. The Balaban J connectivity index is 2.53. The minimum Gasteiger partial charge on any atom is -0.423 e. The van der Waals surface area contributed by atoms with Crippen LogP contribution in [0.3, 0.4) is 0 Å². The van der Waals surface area contributed by atoms with Crippen molar-refractivity contribution in [3.63, 3.8) is 0 Å². The molecule has 78 valence electrons. The summed E-state index contributed by atoms with van der Waals surface area (Å²) in [6.45, 7) is 0. The maximum Gasteiger partial charge on any atom is 0.261 e. The zero-order valence-corrected chi connectivity index (χ0v) is 8.86. The second-order valence-corrected chi connectivity index (χ2v) is 5.28. The molecule has 0 aliphatic carbocycles. The first-order valence-electron chi connectivity index (χ1n) is 3.88. The number of rotatable bonds is 2. The molecule has 5 nitrogen and oxygen atoms in total. The Bertz CT molecular complexity index is 565. The summed E-state index contributed by atoms with van der Waals surface area (Å²) < 4.78 is 27.0. The Morgan fingerprint density at radius 2 is 2.13 bits per heavy atom. The summed E-state index contributed by atoms with van der Waals surface area (Å²) in [4.78, 5) is -0.000123. The van der Waals surface area contributed by atoms with Gasteiger partial charge in [0.15, 0.2) is 0 Å². The maximum atomic E-state index is 11.1. The van der Waals surface area contributed by atoms with Gasteiger partial charge in [0.2, 0.25) is 12.3 Å². The number of hydrogen-bond donors (Lipinski definition) is 0. The van der Waals surface area contributed by atoms with Crippen molar-refractivity contribution in [3.8, 4) is 11.5 Å². The first kappa shape index (κ1) is 10.1. The van der Waals surface area contributed by atoms with Crippen LogP contribution < -0.4 is 0 Å². The largest absolute Gasteiger partial charge is 0.423 e. The van der Waals surface area contributed by atoms with Gasteiger partial charge in [-0.15, -0.1) is 10.2 Å². The number of benzene rings is 1. The van der Waals surface area contributed by atoms with Gasteiger partial charge in [-0.2, -0.15) is 0 Å². The third-order valence-corrected chi connectivity index (χ3v) is 3.07. The minimum atomic E-state index is -3.73. The van der Waals surface area contributed by atoms with Crippen LogP contribution in [0.5, 0.6) is 0 Å². The maximum absolute atomic E-state index is 11.1. The SMILES string of the molecule is O=S(=O)(Cl)c1cccc(-c2nnco2)c1. The molecular weight excluding hydrogens is 240 g/mol. The smallest absolute Gasteiger partial charge is 0.261 e. The van der Waals surface area contributed by atoms with Crippen molar-refractivity contribution < 1.29 is 12.8 Å². The van der Waals surface area contributed by atoms with E-state index in [2.05, 4.69) is 10.2 Å². The van der Waals surface area contributed by atoms with Crippen LogP contribution in [0, 0.1) is 0 Å². The van der Waals surface area contributed by atoms with E-state index in [9.17, 15) is 8.42 Å². The average molecular weight is 245 g/mol. The van der Waals surface area contributed by atoms with Crippen LogP contribution in [0.2, 0.25) is 0 Å². The third-order valence-electron chi connectivity index (χ3n) is 1.72. The van der Waals surface area contributed by atoms with Crippen molar-refractivity contribution >= 4 is 19.7 Å². The van der Waals surface area contributed by atoms with Gasteiger partial charge >= 0.3 is 0 Å². The van der Waals surface area contributed by atoms with Crippen LogP contribution in [0.25, 0.3) is 11.5 Å². The molecule has 0 spiro atoms. The van der Waals surface area contributed by atoms with E-state index in [-0.39, 0.29) is 10.8 Å². The second-order valence-electron chi connectivity index (χ2n) is 2.71. The van der Waals surface area contributed by atoms with Gasteiger partial charge in [0.25, 0.3) is 9.05 Å². The topological polar surface area (TPSA) is 73.1 Å². The van der Waals surface area contributed by atoms with Gasteiger partial charge in [0.05, 0.1) is 4.90 Å². The van der Waals surface area contributed by atoms with E-state index in [1.54, 1.807) is 12.1 Å². The molecule has 2 aromatic rings. The van der Waals surface area contributed by atoms with E-state index in [4.69, 9.17) is 15.1 Å². The molecule has 0 fully saturated rings. The summed E-state index contributed by atoms with van der Waals surface area (Å²) >= 11 is 0. The molecule has 0 amide bonds. The Morgan fingerprint density at radius 3 is 2.73 bits per heavy atom. The quantitative estimate of drug-likeness (QED) is 0.752. The first-order chi connectivity index (χ1) is 7.07. The molecule has 0 atom stereocenters. The molecule has 7 heteroatoms. The van der Waals surface area contributed by atoms with E-state index in [1.165, 1.54) is 12.1 Å². The lowest BCUT2D eigenvalue weighted by molar-refractivity contribution is 0.568. The highest BCUT2D eigenvalue weighted by Gasteiger charge is 2.12. The molecule has 0 bridgehead atoms. The van der Waals surface area contributed by atoms with Crippen LogP contribution in [-0.2, 0) is 9.05 Å². The third kappa shape index (κ3) is 2.16. The van der Waals surface area contributed by atoms with Gasteiger partial charge < -0.3 is 4.42 Å². The summed E-state index contributed by atoms with van der Waals surface area (Å²) in [7, 11) is 1.46. The lowest BCUT2D eigenvalue weighted by Gasteiger charge is -1.97. The monoisotopic (exact) mass is 244 g/mol. The van der Waals surface area contributed by atoms with Crippen LogP contribution in [-0.4, -0.2) is 18.6 Å². The van der Waals surface area contributed by atoms with Crippen LogP contribution >= 0.6 is 10.7 Å². The fourth-order valence-corrected chi connectivity index (χ4v) is 1.88. The van der Waals surface area contributed by atoms with Crippen LogP contribution in [0.1, 0.15) is 0 Å². The summed E-state index contributed by atoms with van der Waals surface area (Å²) in [6, 6.07) is 5.96. The molecule has 0 aliphatic heterocycles. The van der Waals surface area contributed by atoms with Gasteiger partial charge in [0, 0.05) is 16.2 Å². The second kappa shape index (κ2) is 3.63. The van der Waals surface area contributed by atoms with E-state index in [0.717, 1.165) is 6.39 Å². The highest BCUT2D eigenvalue weighted by molar-refractivity contribution is 8.13. The molecular formula is C8H5ClN2O3S. The van der Waals surface area contributed by atoms with Crippen molar-refractivity contribution in [3.05, 3.63) is 30.7 Å². The average Bonchev–Trinajstić information content (AvgIpc) is 2.69. The van der Waals surface area contributed by atoms with Gasteiger partial charge in [0.1, 0.15) is 0 Å². The van der Waals surface area contributed by atoms with Crippen LogP contribution in [0.4, 0.5) is 0 Å². The van der Waals surface area contributed by atoms with Crippen molar-refractivity contribution in [2.75, 3.05) is 0 Å². The van der Waals surface area contributed by atoms with E-state index in [1.807, 2.05) is 0 Å². The highest BCUT2D eigenvalue weighted by Crippen LogP contribution is 2.22. The lowest BCUT2D eigenvalue weighted by atomic mass is 10.2. The van der Waals surface area contributed by atoms with Crippen molar-refractivity contribution in [1.82, 2.24) is 10.2 Å². The zero-order valence-electron chi connectivity index (χ0n) is 7.29. The molecule has 1 heterocycles. The molecule has 0 N–H and O–H groups in total. The van der Waals surface area contributed by atoms with Crippen LogP contribution in [0.15, 0.2) is 40.0 Å². The molecule has 0 saturated carbocycles. The Hall–Kier alpha value is -1.40. The summed E-state index contributed by atoms with van der Waals surface area (Å²) in [6.07, 6.45) is 1.16. The van der Waals surface area contributed by atoms with Crippen molar-refractivity contribution in [2.45, 2.75) is 4.90 Å². The van der Waals surface area contributed by atoms with Gasteiger partial charge in [-0.1, -0.05) is 6.07 Å². The Morgan fingerprint density at radius 1 is 1.33 bits per heavy atom. The van der Waals surface area contributed by atoms with Crippen molar-refractivity contribution in [1.29, 1.82) is 0 Å². The van der Waals surface area contributed by atoms with Gasteiger partial charge in [-0.3, -0.25) is 0 Å². The predicted octanol–water partition coefficient (Wildman–Crippen LogP) is 1.66. The molecule has 15 heavy (non-hydrogen) atoms. The Kier molecular flexibility index (Phi) is 2.45. The normalized spacial score (nSPS) is 11.5. The fourth-order valence-electron chi connectivity index (χ4n) is 1.08. The molecule has 2 rings (SSSR count). The molecule has 1 aromatic heterocycles. The zero-order chi connectivity index (χ0) is 10.9. The van der Waals surface area contributed by atoms with E-state index >= 15 is 0 Å². The van der Waals surface area contributed by atoms with Gasteiger partial charge in [-0.25, -0.2) is 8.42 Å². The minimum absolute atomic E-state index is 0.000123. The fraction of sp³-hybridized carbons (Fsp3) is 0. The van der Waals surface area contributed by atoms with Gasteiger partial charge in [-0.05, 0) is 18.2 Å².